The average Bonchev–Trinajstić information content (AvgIpc) is 3.28. The minimum absolute atomic E-state index is 0.0603. The number of benzene rings is 2. The highest BCUT2D eigenvalue weighted by Crippen LogP contribution is 2.65. The van der Waals surface area contributed by atoms with Gasteiger partial charge in [-0.25, -0.2) is 0 Å². The highest BCUT2D eigenvalue weighted by molar-refractivity contribution is 5.83. The predicted molar refractivity (Wildman–Crippen MR) is 139 cm³/mol. The molecule has 2 aliphatic carbocycles. The largest absolute Gasteiger partial charge is 0.504 e. The van der Waals surface area contributed by atoms with Gasteiger partial charge in [0.05, 0.1) is 13.7 Å². The van der Waals surface area contributed by atoms with E-state index in [1.54, 1.807) is 13.2 Å². The zero-order valence-corrected chi connectivity index (χ0v) is 21.9. The van der Waals surface area contributed by atoms with Gasteiger partial charge in [-0.1, -0.05) is 30.3 Å². The SMILES string of the molecule is COc1cc(O)c2c3c1C[C@@H]1[C@@H]4CC[C@H](NCC(=O)NCC(=O)OCc5ccccc5)[C@H](O2)[C@]34CCN1C. The van der Waals surface area contributed by atoms with Crippen LogP contribution in [0.25, 0.3) is 0 Å². The van der Waals surface area contributed by atoms with Crippen LogP contribution in [0.15, 0.2) is 36.4 Å². The Morgan fingerprint density at radius 1 is 1.21 bits per heavy atom. The number of ether oxygens (including phenoxy) is 3. The van der Waals surface area contributed by atoms with Crippen molar-refractivity contribution in [3.05, 3.63) is 53.1 Å². The first-order valence-corrected chi connectivity index (χ1v) is 13.4. The second-order valence-electron chi connectivity index (χ2n) is 11.0. The van der Waals surface area contributed by atoms with Crippen LogP contribution in [0.1, 0.15) is 36.0 Å². The topological polar surface area (TPSA) is 109 Å². The van der Waals surface area contributed by atoms with Crippen LogP contribution in [0.3, 0.4) is 0 Å². The number of piperidine rings is 1. The molecule has 0 aromatic heterocycles. The zero-order valence-electron chi connectivity index (χ0n) is 21.9. The molecule has 1 saturated carbocycles. The second kappa shape index (κ2) is 9.78. The van der Waals surface area contributed by atoms with Gasteiger partial charge in [-0.05, 0) is 50.8 Å². The summed E-state index contributed by atoms with van der Waals surface area (Å²) in [5.41, 5.74) is 2.93. The third kappa shape index (κ3) is 3.99. The highest BCUT2D eigenvalue weighted by Gasteiger charge is 2.65. The van der Waals surface area contributed by atoms with Crippen LogP contribution in [-0.2, 0) is 32.8 Å². The Hall–Kier alpha value is -3.30. The molecule has 2 aromatic carbocycles. The molecule has 3 N–H and O–H groups in total. The Kier molecular flexibility index (Phi) is 6.44. The summed E-state index contributed by atoms with van der Waals surface area (Å²) in [4.78, 5) is 27.2. The molecule has 6 rings (SSSR count). The monoisotopic (exact) mass is 521 g/mol. The van der Waals surface area contributed by atoms with Gasteiger partial charge in [0.1, 0.15) is 25.0 Å². The van der Waals surface area contributed by atoms with Crippen molar-refractivity contribution in [3.63, 3.8) is 0 Å². The number of likely N-dealkylation sites (tertiary alicyclic amines) is 1. The van der Waals surface area contributed by atoms with E-state index in [4.69, 9.17) is 14.2 Å². The molecule has 2 heterocycles. The van der Waals surface area contributed by atoms with E-state index >= 15 is 0 Å². The number of phenols is 1. The van der Waals surface area contributed by atoms with Gasteiger partial charge < -0.3 is 34.9 Å². The van der Waals surface area contributed by atoms with Gasteiger partial charge in [0.25, 0.3) is 0 Å². The van der Waals surface area contributed by atoms with Crippen molar-refractivity contribution in [2.75, 3.05) is 33.8 Å². The van der Waals surface area contributed by atoms with Crippen LogP contribution in [0.4, 0.5) is 0 Å². The zero-order chi connectivity index (χ0) is 26.4. The van der Waals surface area contributed by atoms with Gasteiger partial charge in [-0.3, -0.25) is 9.59 Å². The number of hydrogen-bond acceptors (Lipinski definition) is 8. The summed E-state index contributed by atoms with van der Waals surface area (Å²) in [5.74, 6) is 1.08. The fourth-order valence-electron chi connectivity index (χ4n) is 7.43. The minimum atomic E-state index is -0.479. The molecule has 2 fully saturated rings. The number of methoxy groups -OCH3 is 1. The molecule has 202 valence electrons. The first-order valence-electron chi connectivity index (χ1n) is 13.4. The number of nitrogens with one attached hydrogen (secondary N) is 2. The maximum Gasteiger partial charge on any atom is 0.325 e. The van der Waals surface area contributed by atoms with Crippen molar-refractivity contribution in [2.24, 2.45) is 5.92 Å². The van der Waals surface area contributed by atoms with Crippen molar-refractivity contribution in [3.8, 4) is 17.2 Å². The number of rotatable bonds is 8. The fourth-order valence-corrected chi connectivity index (χ4v) is 7.43. The molecule has 2 aliphatic heterocycles. The number of carbonyl (C=O) groups is 2. The normalized spacial score (nSPS) is 28.7. The van der Waals surface area contributed by atoms with Crippen molar-refractivity contribution in [1.82, 2.24) is 15.5 Å². The summed E-state index contributed by atoms with van der Waals surface area (Å²) >= 11 is 0. The van der Waals surface area contributed by atoms with Crippen molar-refractivity contribution < 1.29 is 28.9 Å². The van der Waals surface area contributed by atoms with Crippen molar-refractivity contribution in [2.45, 2.75) is 55.9 Å². The van der Waals surface area contributed by atoms with E-state index in [1.165, 1.54) is 0 Å². The third-order valence-electron chi connectivity index (χ3n) is 9.10. The van der Waals surface area contributed by atoms with Crippen LogP contribution >= 0.6 is 0 Å². The van der Waals surface area contributed by atoms with Crippen LogP contribution in [0.5, 0.6) is 17.2 Å². The Morgan fingerprint density at radius 2 is 2.03 bits per heavy atom. The van der Waals surface area contributed by atoms with Gasteiger partial charge in [0.15, 0.2) is 11.5 Å². The highest BCUT2D eigenvalue weighted by atomic mass is 16.5. The molecule has 0 radical (unpaired) electrons. The maximum absolute atomic E-state index is 12.6. The second-order valence-corrected chi connectivity index (χ2v) is 11.0. The maximum atomic E-state index is 12.6. The Labute approximate surface area is 222 Å². The molecular weight excluding hydrogens is 486 g/mol. The Morgan fingerprint density at radius 3 is 2.82 bits per heavy atom. The average molecular weight is 522 g/mol. The Bertz CT molecular complexity index is 1240. The summed E-state index contributed by atoms with van der Waals surface area (Å²) < 4.78 is 17.5. The van der Waals surface area contributed by atoms with Crippen molar-refractivity contribution >= 4 is 11.9 Å². The number of amides is 1. The molecular formula is C29H35N3O6. The lowest BCUT2D eigenvalue weighted by Gasteiger charge is -2.59. The number of phenolic OH excluding ortho intramolecular Hbond substituents is 1. The van der Waals surface area contributed by atoms with Gasteiger partial charge in [0, 0.05) is 34.7 Å². The lowest BCUT2D eigenvalue weighted by molar-refractivity contribution is -0.145. The first-order chi connectivity index (χ1) is 18.4. The van der Waals surface area contributed by atoms with E-state index in [9.17, 15) is 14.7 Å². The number of likely N-dealkylation sites (N-methyl/N-ethyl adjacent to an activating group) is 1. The summed E-state index contributed by atoms with van der Waals surface area (Å²) in [6.07, 6.45) is 3.50. The van der Waals surface area contributed by atoms with Gasteiger partial charge in [0.2, 0.25) is 5.91 Å². The quantitative estimate of drug-likeness (QED) is 0.452. The van der Waals surface area contributed by atoms with Crippen LogP contribution in [0, 0.1) is 5.92 Å². The number of aromatic hydroxyl groups is 1. The number of esters is 1. The van der Waals surface area contributed by atoms with Gasteiger partial charge >= 0.3 is 5.97 Å². The standard InChI is InChI=1S/C29H35N3O6/c1-32-11-10-29-19-8-9-20(30-14-24(34)31-15-25(35)37-16-17-6-4-3-5-7-17)28(29)38-27-22(33)13-23(36-2)18(26(27)29)12-21(19)32/h3-7,13,19-21,28,30,33H,8-12,14-16H2,1-2H3,(H,31,34)/t19-,20-,21+,28-,29-/m0/s1. The summed E-state index contributed by atoms with van der Waals surface area (Å²) in [6, 6.07) is 11.4. The molecule has 2 aromatic rings. The smallest absolute Gasteiger partial charge is 0.325 e. The van der Waals surface area contributed by atoms with E-state index in [2.05, 4.69) is 22.6 Å². The first kappa shape index (κ1) is 25.0. The number of nitrogens with zero attached hydrogens (tertiary/aromatic N) is 1. The van der Waals surface area contributed by atoms with Crippen LogP contribution in [0.2, 0.25) is 0 Å². The molecule has 5 atom stereocenters. The molecule has 0 unspecified atom stereocenters. The fraction of sp³-hybridized carbons (Fsp3) is 0.517. The lowest BCUT2D eigenvalue weighted by Crippen LogP contribution is -2.68. The van der Waals surface area contributed by atoms with E-state index in [0.29, 0.717) is 17.7 Å². The molecule has 1 amide bonds. The summed E-state index contributed by atoms with van der Waals surface area (Å²) in [7, 11) is 3.84. The molecule has 4 aliphatic rings. The summed E-state index contributed by atoms with van der Waals surface area (Å²) in [5, 5.41) is 16.9. The molecule has 9 nitrogen and oxygen atoms in total. The molecule has 38 heavy (non-hydrogen) atoms. The molecule has 1 saturated heterocycles. The van der Waals surface area contributed by atoms with Crippen molar-refractivity contribution in [1.29, 1.82) is 0 Å². The third-order valence-corrected chi connectivity index (χ3v) is 9.10. The van der Waals surface area contributed by atoms with Crippen LogP contribution < -0.4 is 20.1 Å². The Balaban J connectivity index is 1.13. The van der Waals surface area contributed by atoms with E-state index in [0.717, 1.165) is 54.7 Å². The van der Waals surface area contributed by atoms with E-state index in [-0.39, 0.29) is 48.9 Å². The summed E-state index contributed by atoms with van der Waals surface area (Å²) in [6.45, 7) is 1.02. The number of hydrogen-bond donors (Lipinski definition) is 3. The van der Waals surface area contributed by atoms with Crippen LogP contribution in [-0.4, -0.2) is 73.9 Å². The van der Waals surface area contributed by atoms with E-state index in [1.807, 2.05) is 30.3 Å². The number of carbonyl (C=O) groups excluding carboxylic acids is 2. The molecule has 1 spiro atoms. The minimum Gasteiger partial charge on any atom is -0.504 e. The van der Waals surface area contributed by atoms with E-state index < -0.39 is 5.97 Å². The molecule has 9 heteroatoms. The van der Waals surface area contributed by atoms with Gasteiger partial charge in [-0.15, -0.1) is 0 Å². The lowest BCUT2D eigenvalue weighted by atomic mass is 9.51. The van der Waals surface area contributed by atoms with Gasteiger partial charge in [-0.2, -0.15) is 0 Å². The molecule has 2 bridgehead atoms. The predicted octanol–water partition coefficient (Wildman–Crippen LogP) is 1.89.